The Morgan fingerprint density at radius 2 is 0.818 bits per heavy atom. The maximum atomic E-state index is 5.44. The summed E-state index contributed by atoms with van der Waals surface area (Å²) in [6.07, 6.45) is 3.62. The second kappa shape index (κ2) is 13.4. The topological polar surface area (TPSA) is 18.5 Å². The lowest BCUT2D eigenvalue weighted by atomic mass is 9.99. The van der Waals surface area contributed by atoms with Crippen LogP contribution in [0.3, 0.4) is 0 Å². The molecule has 4 rings (SSSR count). The summed E-state index contributed by atoms with van der Waals surface area (Å²) in [4.78, 5) is 0. The molecule has 0 atom stereocenters. The molecule has 0 aromatic heterocycles. The van der Waals surface area contributed by atoms with E-state index >= 15 is 0 Å². The van der Waals surface area contributed by atoms with Crippen molar-refractivity contribution in [1.29, 1.82) is 0 Å². The minimum atomic E-state index is 0.684. The number of benzene rings is 4. The van der Waals surface area contributed by atoms with E-state index in [1.165, 1.54) is 11.1 Å². The Morgan fingerprint density at radius 3 is 1.09 bits per heavy atom. The van der Waals surface area contributed by atoms with E-state index < -0.39 is 0 Å². The highest BCUT2D eigenvalue weighted by Crippen LogP contribution is 2.23. The Hall–Kier alpha value is -4.04. The fourth-order valence-electron chi connectivity index (χ4n) is 3.36. The van der Waals surface area contributed by atoms with Gasteiger partial charge < -0.3 is 9.47 Å². The number of methoxy groups -OCH3 is 1. The smallest absolute Gasteiger partial charge is 0.0913 e. The molecule has 0 radical (unpaired) electrons. The zero-order chi connectivity index (χ0) is 23.1. The summed E-state index contributed by atoms with van der Waals surface area (Å²) in [7, 11) is 1.67. The molecule has 2 heteroatoms. The first-order chi connectivity index (χ1) is 16.3. The van der Waals surface area contributed by atoms with Gasteiger partial charge in [-0.1, -0.05) is 121 Å². The van der Waals surface area contributed by atoms with Gasteiger partial charge in [-0.3, -0.25) is 0 Å². The highest BCUT2D eigenvalue weighted by molar-refractivity contribution is 5.79. The molecular weight excluding hydrogens is 404 g/mol. The molecule has 0 bridgehead atoms. The van der Waals surface area contributed by atoms with Gasteiger partial charge in [-0.05, 0) is 29.2 Å². The first kappa shape index (κ1) is 23.6. The van der Waals surface area contributed by atoms with Crippen LogP contribution in [0, 0.1) is 0 Å². The van der Waals surface area contributed by atoms with Crippen LogP contribution in [0.5, 0.6) is 0 Å². The largest absolute Gasteiger partial charge is 0.504 e. The lowest BCUT2D eigenvalue weighted by molar-refractivity contribution is 0.271. The molecule has 0 saturated heterocycles. The third-order valence-electron chi connectivity index (χ3n) is 4.94. The molecule has 33 heavy (non-hydrogen) atoms. The van der Waals surface area contributed by atoms with Crippen LogP contribution in [0.25, 0.3) is 11.1 Å². The molecule has 0 aliphatic carbocycles. The zero-order valence-electron chi connectivity index (χ0n) is 19.2. The lowest BCUT2D eigenvalue weighted by Crippen LogP contribution is -1.89. The Morgan fingerprint density at radius 1 is 0.515 bits per heavy atom. The van der Waals surface area contributed by atoms with E-state index in [1.54, 1.807) is 13.4 Å². The van der Waals surface area contributed by atoms with E-state index in [4.69, 9.17) is 9.47 Å². The van der Waals surface area contributed by atoms with Crippen LogP contribution in [-0.2, 0) is 9.47 Å². The van der Waals surface area contributed by atoms with Crippen LogP contribution in [0.15, 0.2) is 134 Å². The van der Waals surface area contributed by atoms with Crippen molar-refractivity contribution in [1.82, 2.24) is 0 Å². The molecule has 4 aromatic carbocycles. The Kier molecular flexibility index (Phi) is 9.58. The molecular formula is C31H30O2. The fraction of sp³-hybridized carbons (Fsp3) is 0.0968. The zero-order valence-corrected chi connectivity index (χ0v) is 19.2. The van der Waals surface area contributed by atoms with E-state index in [2.05, 4.69) is 48.5 Å². The fourth-order valence-corrected chi connectivity index (χ4v) is 3.36. The van der Waals surface area contributed by atoms with E-state index in [9.17, 15) is 0 Å². The SMILES string of the molecule is CCOC=C(c1ccccc1)c1ccccc1.COC=C(c1ccccc1)c1ccccc1. The quantitative estimate of drug-likeness (QED) is 0.276. The van der Waals surface area contributed by atoms with Crippen LogP contribution >= 0.6 is 0 Å². The van der Waals surface area contributed by atoms with Crippen LogP contribution in [0.2, 0.25) is 0 Å². The number of ether oxygens (including phenoxy) is 2. The monoisotopic (exact) mass is 434 g/mol. The summed E-state index contributed by atoms with van der Waals surface area (Å²) in [5.74, 6) is 0. The number of hydrogen-bond donors (Lipinski definition) is 0. The summed E-state index contributed by atoms with van der Waals surface area (Å²) in [6, 6.07) is 41.0. The average Bonchev–Trinajstić information content (AvgIpc) is 2.90. The van der Waals surface area contributed by atoms with E-state index in [0.717, 1.165) is 22.3 Å². The molecule has 0 aliphatic rings. The van der Waals surface area contributed by atoms with Crippen LogP contribution in [0.4, 0.5) is 0 Å². The van der Waals surface area contributed by atoms with Crippen molar-refractivity contribution < 1.29 is 9.47 Å². The van der Waals surface area contributed by atoms with Gasteiger partial charge in [0.1, 0.15) is 0 Å². The molecule has 0 heterocycles. The molecule has 0 amide bonds. The van der Waals surface area contributed by atoms with E-state index in [0.29, 0.717) is 6.61 Å². The summed E-state index contributed by atoms with van der Waals surface area (Å²) < 4.78 is 10.6. The molecule has 2 nitrogen and oxygen atoms in total. The first-order valence-electron chi connectivity index (χ1n) is 11.1. The normalized spacial score (nSPS) is 9.64. The van der Waals surface area contributed by atoms with Crippen molar-refractivity contribution in [3.05, 3.63) is 156 Å². The van der Waals surface area contributed by atoms with Crippen molar-refractivity contribution in [3.63, 3.8) is 0 Å². The molecule has 0 spiro atoms. The van der Waals surface area contributed by atoms with Gasteiger partial charge in [0.15, 0.2) is 0 Å². The Balaban J connectivity index is 0.000000186. The van der Waals surface area contributed by atoms with Gasteiger partial charge in [0.05, 0.1) is 26.2 Å². The summed E-state index contributed by atoms with van der Waals surface area (Å²) >= 11 is 0. The van der Waals surface area contributed by atoms with Crippen LogP contribution in [0.1, 0.15) is 29.2 Å². The van der Waals surface area contributed by atoms with Crippen LogP contribution < -0.4 is 0 Å². The van der Waals surface area contributed by atoms with Crippen molar-refractivity contribution in [2.45, 2.75) is 6.92 Å². The third kappa shape index (κ3) is 7.26. The van der Waals surface area contributed by atoms with Crippen molar-refractivity contribution in [2.75, 3.05) is 13.7 Å². The first-order valence-corrected chi connectivity index (χ1v) is 11.1. The molecule has 0 N–H and O–H groups in total. The highest BCUT2D eigenvalue weighted by Gasteiger charge is 2.04. The minimum absolute atomic E-state index is 0.684. The second-order valence-corrected chi connectivity index (χ2v) is 7.22. The number of rotatable bonds is 7. The Labute approximate surface area is 197 Å². The molecule has 0 fully saturated rings. The highest BCUT2D eigenvalue weighted by atomic mass is 16.5. The standard InChI is InChI=1S/C16H16O.C15H14O/c1-2-17-13-16(14-9-5-3-6-10-14)15-11-7-4-8-12-15;1-16-12-15(13-8-4-2-5-9-13)14-10-6-3-7-11-14/h3-13H,2H2,1H3;2-12H,1H3. The minimum Gasteiger partial charge on any atom is -0.504 e. The van der Waals surface area contributed by atoms with Crippen LogP contribution in [-0.4, -0.2) is 13.7 Å². The van der Waals surface area contributed by atoms with Gasteiger partial charge in [-0.15, -0.1) is 0 Å². The summed E-state index contributed by atoms with van der Waals surface area (Å²) in [6.45, 7) is 2.67. The van der Waals surface area contributed by atoms with E-state index in [-0.39, 0.29) is 0 Å². The predicted octanol–water partition coefficient (Wildman–Crippen LogP) is 7.83. The van der Waals surface area contributed by atoms with Gasteiger partial charge >= 0.3 is 0 Å². The van der Waals surface area contributed by atoms with Crippen molar-refractivity contribution in [2.24, 2.45) is 0 Å². The molecule has 0 unspecified atom stereocenters. The maximum absolute atomic E-state index is 5.44. The summed E-state index contributed by atoms with van der Waals surface area (Å²) in [5.41, 5.74) is 6.89. The van der Waals surface area contributed by atoms with Gasteiger partial charge in [0.2, 0.25) is 0 Å². The second-order valence-electron chi connectivity index (χ2n) is 7.22. The number of hydrogen-bond acceptors (Lipinski definition) is 2. The molecule has 0 saturated carbocycles. The molecule has 0 aliphatic heterocycles. The van der Waals surface area contributed by atoms with E-state index in [1.807, 2.05) is 86.0 Å². The van der Waals surface area contributed by atoms with Gasteiger partial charge in [-0.2, -0.15) is 0 Å². The molecule has 4 aromatic rings. The molecule has 166 valence electrons. The van der Waals surface area contributed by atoms with Crippen molar-refractivity contribution >= 4 is 11.1 Å². The van der Waals surface area contributed by atoms with Crippen molar-refractivity contribution in [3.8, 4) is 0 Å². The Bertz CT molecular complexity index is 1030. The van der Waals surface area contributed by atoms with Gasteiger partial charge in [0, 0.05) is 11.1 Å². The predicted molar refractivity (Wildman–Crippen MR) is 139 cm³/mol. The maximum Gasteiger partial charge on any atom is 0.0913 e. The van der Waals surface area contributed by atoms with Gasteiger partial charge in [0.25, 0.3) is 0 Å². The third-order valence-corrected chi connectivity index (χ3v) is 4.94. The summed E-state index contributed by atoms with van der Waals surface area (Å²) in [5, 5.41) is 0. The van der Waals surface area contributed by atoms with Gasteiger partial charge in [-0.25, -0.2) is 0 Å². The average molecular weight is 435 g/mol. The lowest BCUT2D eigenvalue weighted by Gasteiger charge is -2.08.